The van der Waals surface area contributed by atoms with Crippen LogP contribution in [0.25, 0.3) is 0 Å². The fraction of sp³-hybridized carbons (Fsp3) is 0.538. The zero-order valence-corrected chi connectivity index (χ0v) is 11.9. The van der Waals surface area contributed by atoms with Crippen molar-refractivity contribution in [2.24, 2.45) is 5.92 Å². The van der Waals surface area contributed by atoms with E-state index in [0.717, 1.165) is 10.0 Å². The van der Waals surface area contributed by atoms with Gasteiger partial charge in [0.15, 0.2) is 0 Å². The predicted molar refractivity (Wildman–Crippen MR) is 71.1 cm³/mol. The Kier molecular flexibility index (Phi) is 5.43. The van der Waals surface area contributed by atoms with E-state index in [9.17, 15) is 10.2 Å². The summed E-state index contributed by atoms with van der Waals surface area (Å²) >= 11 is 3.35. The molecular weight excluding hydrogens is 284 g/mol. The Bertz CT molecular complexity index is 364. The van der Waals surface area contributed by atoms with Crippen LogP contribution in [-0.2, 0) is 0 Å². The van der Waals surface area contributed by atoms with Crippen LogP contribution < -0.4 is 4.74 Å². The number of hydrogen-bond donors (Lipinski definition) is 2. The lowest BCUT2D eigenvalue weighted by atomic mass is 10.1. The van der Waals surface area contributed by atoms with Crippen molar-refractivity contribution in [3.63, 3.8) is 0 Å². The van der Waals surface area contributed by atoms with Crippen molar-refractivity contribution in [1.82, 2.24) is 0 Å². The molecule has 0 aliphatic carbocycles. The summed E-state index contributed by atoms with van der Waals surface area (Å²) in [5, 5.41) is 19.3. The lowest BCUT2D eigenvalue weighted by molar-refractivity contribution is 0.0682. The number of ether oxygens (including phenoxy) is 1. The third-order valence-electron chi connectivity index (χ3n) is 2.60. The summed E-state index contributed by atoms with van der Waals surface area (Å²) in [6, 6.07) is 5.46. The van der Waals surface area contributed by atoms with Crippen LogP contribution in [0.3, 0.4) is 0 Å². The molecule has 0 radical (unpaired) electrons. The first-order chi connectivity index (χ1) is 7.91. The summed E-state index contributed by atoms with van der Waals surface area (Å²) in [4.78, 5) is 0. The molecule has 0 amide bonds. The highest BCUT2D eigenvalue weighted by molar-refractivity contribution is 9.10. The van der Waals surface area contributed by atoms with Gasteiger partial charge in [-0.25, -0.2) is 0 Å². The number of halogens is 1. The molecule has 0 saturated carbocycles. The van der Waals surface area contributed by atoms with Crippen molar-refractivity contribution >= 4 is 15.9 Å². The maximum atomic E-state index is 9.68. The number of hydrogen-bond acceptors (Lipinski definition) is 3. The predicted octanol–water partition coefficient (Wildman–Crippen LogP) is 2.90. The zero-order valence-electron chi connectivity index (χ0n) is 10.4. The van der Waals surface area contributed by atoms with Gasteiger partial charge in [0.2, 0.25) is 0 Å². The van der Waals surface area contributed by atoms with Gasteiger partial charge in [0.05, 0.1) is 12.2 Å². The normalized spacial score (nSPS) is 14.8. The highest BCUT2D eigenvalue weighted by Crippen LogP contribution is 2.28. The van der Waals surface area contributed by atoms with E-state index in [-0.39, 0.29) is 12.5 Å². The van der Waals surface area contributed by atoms with E-state index in [1.807, 2.05) is 26.0 Å². The molecular formula is C13H19BrO3. The molecule has 1 aromatic carbocycles. The second kappa shape index (κ2) is 6.38. The molecule has 2 atom stereocenters. The van der Waals surface area contributed by atoms with Crippen molar-refractivity contribution in [3.8, 4) is 5.75 Å². The van der Waals surface area contributed by atoms with E-state index in [2.05, 4.69) is 15.9 Å². The third-order valence-corrected chi connectivity index (χ3v) is 3.09. The quantitative estimate of drug-likeness (QED) is 0.879. The molecule has 0 fully saturated rings. The van der Waals surface area contributed by atoms with Crippen LogP contribution in [-0.4, -0.2) is 22.9 Å². The maximum Gasteiger partial charge on any atom is 0.125 e. The van der Waals surface area contributed by atoms with E-state index in [4.69, 9.17) is 4.74 Å². The number of rotatable bonds is 5. The van der Waals surface area contributed by atoms with Gasteiger partial charge in [0.25, 0.3) is 0 Å². The molecule has 2 N–H and O–H groups in total. The number of aliphatic hydroxyl groups is 2. The van der Waals surface area contributed by atoms with Gasteiger partial charge in [0.1, 0.15) is 12.4 Å². The van der Waals surface area contributed by atoms with Crippen LogP contribution in [0.5, 0.6) is 5.75 Å². The Morgan fingerprint density at radius 3 is 2.41 bits per heavy atom. The fourth-order valence-electron chi connectivity index (χ4n) is 1.34. The second-order valence-corrected chi connectivity index (χ2v) is 5.40. The fourth-order valence-corrected chi connectivity index (χ4v) is 1.72. The van der Waals surface area contributed by atoms with Gasteiger partial charge in [-0.1, -0.05) is 29.8 Å². The summed E-state index contributed by atoms with van der Waals surface area (Å²) in [7, 11) is 0. The van der Waals surface area contributed by atoms with Crippen molar-refractivity contribution in [1.29, 1.82) is 0 Å². The minimum Gasteiger partial charge on any atom is -0.490 e. The topological polar surface area (TPSA) is 49.7 Å². The summed E-state index contributed by atoms with van der Waals surface area (Å²) < 4.78 is 6.44. The molecule has 0 aromatic heterocycles. The van der Waals surface area contributed by atoms with Gasteiger partial charge in [-0.05, 0) is 31.0 Å². The average Bonchev–Trinajstić information content (AvgIpc) is 2.26. The van der Waals surface area contributed by atoms with E-state index >= 15 is 0 Å². The van der Waals surface area contributed by atoms with Crippen LogP contribution in [0.2, 0.25) is 0 Å². The summed E-state index contributed by atoms with van der Waals surface area (Å²) in [6.45, 7) is 5.79. The van der Waals surface area contributed by atoms with Gasteiger partial charge in [-0.15, -0.1) is 0 Å². The first-order valence-corrected chi connectivity index (χ1v) is 6.49. The Morgan fingerprint density at radius 2 is 1.88 bits per heavy atom. The lowest BCUT2D eigenvalue weighted by Crippen LogP contribution is -2.23. The first kappa shape index (κ1) is 14.5. The van der Waals surface area contributed by atoms with E-state index in [0.29, 0.717) is 5.75 Å². The zero-order chi connectivity index (χ0) is 13.0. The minimum absolute atomic E-state index is 0.153. The number of benzene rings is 1. The average molecular weight is 303 g/mol. The van der Waals surface area contributed by atoms with Crippen molar-refractivity contribution in [3.05, 3.63) is 28.2 Å². The molecule has 1 rings (SSSR count). The molecule has 96 valence electrons. The van der Waals surface area contributed by atoms with Crippen molar-refractivity contribution < 1.29 is 14.9 Å². The molecule has 0 aliphatic rings. The molecule has 0 heterocycles. The van der Waals surface area contributed by atoms with Gasteiger partial charge in [0, 0.05) is 10.0 Å². The Labute approximate surface area is 111 Å². The molecule has 3 nitrogen and oxygen atoms in total. The van der Waals surface area contributed by atoms with Crippen LogP contribution in [0.15, 0.2) is 22.7 Å². The Balaban J connectivity index is 2.77. The Morgan fingerprint density at radius 1 is 1.24 bits per heavy atom. The smallest absolute Gasteiger partial charge is 0.125 e. The largest absolute Gasteiger partial charge is 0.490 e. The van der Waals surface area contributed by atoms with Crippen LogP contribution in [0.4, 0.5) is 0 Å². The highest BCUT2D eigenvalue weighted by Gasteiger charge is 2.13. The van der Waals surface area contributed by atoms with Gasteiger partial charge in [-0.2, -0.15) is 0 Å². The van der Waals surface area contributed by atoms with Crippen LogP contribution in [0, 0.1) is 5.92 Å². The molecule has 0 aliphatic heterocycles. The molecule has 0 saturated heterocycles. The molecule has 0 bridgehead atoms. The molecule has 1 unspecified atom stereocenters. The molecule has 1 aromatic rings. The number of aliphatic hydroxyl groups excluding tert-OH is 2. The molecule has 0 spiro atoms. The first-order valence-electron chi connectivity index (χ1n) is 5.70. The van der Waals surface area contributed by atoms with Crippen molar-refractivity contribution in [2.75, 3.05) is 6.61 Å². The molecule has 4 heteroatoms. The van der Waals surface area contributed by atoms with Gasteiger partial charge < -0.3 is 14.9 Å². The second-order valence-electron chi connectivity index (χ2n) is 4.48. The molecule has 17 heavy (non-hydrogen) atoms. The van der Waals surface area contributed by atoms with E-state index < -0.39 is 12.2 Å². The monoisotopic (exact) mass is 302 g/mol. The maximum absolute atomic E-state index is 9.68. The standard InChI is InChI=1S/C13H19BrO3/c1-8(2)12(16)7-17-13-5-4-10(14)6-11(13)9(3)15/h4-6,8-9,12,15-16H,7H2,1-3H3/t9-,12?/m0/s1. The SMILES string of the molecule is CC(C)C(O)COc1ccc(Br)cc1[C@H](C)O. The van der Waals surface area contributed by atoms with Gasteiger partial charge >= 0.3 is 0 Å². The minimum atomic E-state index is -0.598. The summed E-state index contributed by atoms with van der Waals surface area (Å²) in [5.74, 6) is 0.767. The van der Waals surface area contributed by atoms with Crippen LogP contribution in [0.1, 0.15) is 32.4 Å². The van der Waals surface area contributed by atoms with Crippen LogP contribution >= 0.6 is 15.9 Å². The third kappa shape index (κ3) is 4.30. The summed E-state index contributed by atoms with van der Waals surface area (Å²) in [5.41, 5.74) is 0.718. The Hall–Kier alpha value is -0.580. The van der Waals surface area contributed by atoms with E-state index in [1.54, 1.807) is 13.0 Å². The van der Waals surface area contributed by atoms with Crippen molar-refractivity contribution in [2.45, 2.75) is 33.0 Å². The van der Waals surface area contributed by atoms with Gasteiger partial charge in [-0.3, -0.25) is 0 Å². The lowest BCUT2D eigenvalue weighted by Gasteiger charge is -2.18. The van der Waals surface area contributed by atoms with E-state index in [1.165, 1.54) is 0 Å². The highest BCUT2D eigenvalue weighted by atomic mass is 79.9. The summed E-state index contributed by atoms with van der Waals surface area (Å²) in [6.07, 6.45) is -1.10.